The lowest BCUT2D eigenvalue weighted by Crippen LogP contribution is -2.64. The van der Waals surface area contributed by atoms with Crippen molar-refractivity contribution < 1.29 is 19.2 Å². The summed E-state index contributed by atoms with van der Waals surface area (Å²) in [7, 11) is -0.865. The number of carboxylic acids is 1. The molecule has 5 aliphatic rings. The Kier molecular flexibility index (Phi) is 4.35. The van der Waals surface area contributed by atoms with Crippen molar-refractivity contribution in [1.82, 2.24) is 0 Å². The molecule has 5 rings (SSSR count). The van der Waals surface area contributed by atoms with E-state index in [4.69, 9.17) is 0 Å². The summed E-state index contributed by atoms with van der Waals surface area (Å²) in [4.78, 5) is 12.0. The molecule has 0 aromatic rings. The highest BCUT2D eigenvalue weighted by molar-refractivity contribution is 7.84. The summed E-state index contributed by atoms with van der Waals surface area (Å²) < 4.78 is 11.8. The van der Waals surface area contributed by atoms with Gasteiger partial charge in [-0.15, -0.1) is 0 Å². The fraction of sp³-hybridized carbons (Fsp3) is 0.950. The molecule has 5 heteroatoms. The van der Waals surface area contributed by atoms with Crippen molar-refractivity contribution in [1.29, 1.82) is 0 Å². The van der Waals surface area contributed by atoms with Crippen LogP contribution in [0, 0.1) is 40.4 Å². The van der Waals surface area contributed by atoms with Crippen LogP contribution >= 0.6 is 0 Å². The molecule has 0 amide bonds. The summed E-state index contributed by atoms with van der Waals surface area (Å²) in [6, 6.07) is 0. The minimum atomic E-state index is -0.865. The lowest BCUT2D eigenvalue weighted by atomic mass is 9.40. The van der Waals surface area contributed by atoms with Gasteiger partial charge in [0.2, 0.25) is 0 Å². The highest BCUT2D eigenvalue weighted by Crippen LogP contribution is 2.67. The van der Waals surface area contributed by atoms with Crippen molar-refractivity contribution in [2.75, 3.05) is 12.0 Å². The largest absolute Gasteiger partial charge is 0.481 e. The second kappa shape index (κ2) is 6.05. The van der Waals surface area contributed by atoms with Crippen LogP contribution in [-0.4, -0.2) is 38.5 Å². The van der Waals surface area contributed by atoms with E-state index in [-0.39, 0.29) is 23.4 Å². The lowest BCUT2D eigenvalue weighted by Gasteiger charge is -2.66. The van der Waals surface area contributed by atoms with Crippen LogP contribution in [0.25, 0.3) is 0 Å². The molecule has 2 N–H and O–H groups in total. The molecule has 0 aliphatic heterocycles. The highest BCUT2D eigenvalue weighted by Gasteiger charge is 2.64. The maximum Gasteiger partial charge on any atom is 0.309 e. The van der Waals surface area contributed by atoms with Crippen molar-refractivity contribution in [3.05, 3.63) is 0 Å². The average Bonchev–Trinajstić information content (AvgIpc) is 2.57. The van der Waals surface area contributed by atoms with Crippen molar-refractivity contribution in [2.24, 2.45) is 40.4 Å². The summed E-state index contributed by atoms with van der Waals surface area (Å²) in [5, 5.41) is 21.1. The molecule has 2 bridgehead atoms. The van der Waals surface area contributed by atoms with Crippen molar-refractivity contribution >= 4 is 16.8 Å². The van der Waals surface area contributed by atoms with E-state index in [0.29, 0.717) is 23.5 Å². The minimum Gasteiger partial charge on any atom is -0.481 e. The fourth-order valence-corrected chi connectivity index (χ4v) is 8.58. The molecule has 5 saturated carbocycles. The van der Waals surface area contributed by atoms with E-state index in [9.17, 15) is 19.2 Å². The Morgan fingerprint density at radius 1 is 1.16 bits per heavy atom. The summed E-state index contributed by atoms with van der Waals surface area (Å²) in [5.74, 6) is 1.85. The molecule has 9 unspecified atom stereocenters. The number of hydrogen-bond donors (Lipinski definition) is 2. The second-order valence-electron chi connectivity index (χ2n) is 9.65. The Morgan fingerprint density at radius 3 is 2.56 bits per heavy atom. The zero-order chi connectivity index (χ0) is 18.0. The third kappa shape index (κ3) is 2.48. The molecular formula is C20H32O4S. The van der Waals surface area contributed by atoms with Gasteiger partial charge in [-0.2, -0.15) is 0 Å². The maximum absolute atomic E-state index is 12.0. The molecule has 0 radical (unpaired) electrons. The molecule has 25 heavy (non-hydrogen) atoms. The van der Waals surface area contributed by atoms with Crippen LogP contribution < -0.4 is 0 Å². The van der Waals surface area contributed by atoms with Gasteiger partial charge in [0.05, 0.1) is 11.5 Å². The monoisotopic (exact) mass is 368 g/mol. The molecule has 5 fully saturated rings. The molecule has 5 aliphatic carbocycles. The Bertz CT molecular complexity index is 592. The standard InChI is InChI=1S/C20H32O4S/c1-19(18(22)23)7-3-4-13-15(19)6-9-20-8-5-12(10-16(13)20)14(17(20)21)11-25(2)24/h12-17,21H,3-11H2,1-2H3,(H,22,23). The Labute approximate surface area is 153 Å². The van der Waals surface area contributed by atoms with Gasteiger partial charge in [-0.1, -0.05) is 6.42 Å². The molecule has 4 nitrogen and oxygen atoms in total. The van der Waals surface area contributed by atoms with Gasteiger partial charge in [0.25, 0.3) is 0 Å². The first-order valence-corrected chi connectivity index (χ1v) is 11.7. The van der Waals surface area contributed by atoms with Crippen molar-refractivity contribution in [3.63, 3.8) is 0 Å². The summed E-state index contributed by atoms with van der Waals surface area (Å²) in [5.41, 5.74) is -0.618. The van der Waals surface area contributed by atoms with Crippen LogP contribution in [-0.2, 0) is 15.6 Å². The first-order valence-electron chi connectivity index (χ1n) is 10.0. The second-order valence-corrected chi connectivity index (χ2v) is 11.1. The predicted molar refractivity (Wildman–Crippen MR) is 97.5 cm³/mol. The first kappa shape index (κ1) is 18.0. The van der Waals surface area contributed by atoms with Crippen LogP contribution in [0.1, 0.15) is 58.3 Å². The fourth-order valence-electron chi connectivity index (χ4n) is 7.58. The van der Waals surface area contributed by atoms with E-state index in [2.05, 4.69) is 0 Å². The summed E-state index contributed by atoms with van der Waals surface area (Å²) >= 11 is 0. The zero-order valence-electron chi connectivity index (χ0n) is 15.4. The smallest absolute Gasteiger partial charge is 0.309 e. The third-order valence-electron chi connectivity index (χ3n) is 8.80. The van der Waals surface area contributed by atoms with Gasteiger partial charge < -0.3 is 10.2 Å². The summed E-state index contributed by atoms with van der Waals surface area (Å²) in [6.07, 6.45) is 9.60. The quantitative estimate of drug-likeness (QED) is 0.803. The van der Waals surface area contributed by atoms with E-state index < -0.39 is 22.2 Å². The number of rotatable bonds is 3. The van der Waals surface area contributed by atoms with Crippen molar-refractivity contribution in [3.8, 4) is 0 Å². The Hall–Kier alpha value is -0.420. The van der Waals surface area contributed by atoms with Gasteiger partial charge in [-0.25, -0.2) is 0 Å². The van der Waals surface area contributed by atoms with Gasteiger partial charge in [-0.05, 0) is 86.9 Å². The number of aliphatic hydroxyl groups excluding tert-OH is 1. The van der Waals surface area contributed by atoms with Crippen LogP contribution in [0.3, 0.4) is 0 Å². The minimum absolute atomic E-state index is 0.0310. The Morgan fingerprint density at radius 2 is 1.88 bits per heavy atom. The topological polar surface area (TPSA) is 74.6 Å². The molecule has 0 aromatic carbocycles. The zero-order valence-corrected chi connectivity index (χ0v) is 16.3. The van der Waals surface area contributed by atoms with Crippen LogP contribution in [0.2, 0.25) is 0 Å². The van der Waals surface area contributed by atoms with Crippen molar-refractivity contribution in [2.45, 2.75) is 64.4 Å². The number of carbonyl (C=O) groups is 1. The summed E-state index contributed by atoms with van der Waals surface area (Å²) in [6.45, 7) is 1.96. The van der Waals surface area contributed by atoms with E-state index in [1.165, 1.54) is 0 Å². The number of hydrogen-bond acceptors (Lipinski definition) is 3. The van der Waals surface area contributed by atoms with E-state index in [1.54, 1.807) is 6.26 Å². The van der Waals surface area contributed by atoms with E-state index >= 15 is 0 Å². The van der Waals surface area contributed by atoms with Crippen LogP contribution in [0.5, 0.6) is 0 Å². The lowest BCUT2D eigenvalue weighted by molar-refractivity contribution is -0.212. The number of aliphatic carboxylic acids is 1. The average molecular weight is 369 g/mol. The molecule has 9 atom stereocenters. The molecule has 0 heterocycles. The van der Waals surface area contributed by atoms with Gasteiger partial charge in [0, 0.05) is 22.8 Å². The van der Waals surface area contributed by atoms with Gasteiger partial charge in [0.15, 0.2) is 0 Å². The normalized spacial score (nSPS) is 52.9. The van der Waals surface area contributed by atoms with E-state index in [0.717, 1.165) is 51.4 Å². The van der Waals surface area contributed by atoms with Gasteiger partial charge in [-0.3, -0.25) is 9.00 Å². The third-order valence-corrected chi connectivity index (χ3v) is 9.65. The number of aliphatic hydroxyl groups is 1. The number of carboxylic acid groups (broad SMARTS) is 1. The van der Waals surface area contributed by atoms with Crippen LogP contribution in [0.15, 0.2) is 0 Å². The van der Waals surface area contributed by atoms with Gasteiger partial charge >= 0.3 is 5.97 Å². The molecular weight excluding hydrogens is 336 g/mol. The SMILES string of the molecule is CS(=O)CC1C2CCC3(CCC4C(CCCC4(C)C(=O)O)C3C2)C1O. The maximum atomic E-state index is 12.0. The van der Waals surface area contributed by atoms with Crippen LogP contribution in [0.4, 0.5) is 0 Å². The molecule has 142 valence electrons. The highest BCUT2D eigenvalue weighted by atomic mass is 32.2. The van der Waals surface area contributed by atoms with Gasteiger partial charge in [0.1, 0.15) is 0 Å². The van der Waals surface area contributed by atoms with E-state index in [1.807, 2.05) is 6.92 Å². The number of fused-ring (bicyclic) bond motifs is 3. The molecule has 0 aromatic heterocycles. The predicted octanol–water partition coefficient (Wildman–Crippen LogP) is 3.06. The molecule has 1 spiro atoms. The Balaban J connectivity index is 1.65. The first-order chi connectivity index (χ1) is 11.8. The molecule has 0 saturated heterocycles.